The minimum absolute atomic E-state index is 0.952. The Morgan fingerprint density at radius 3 is 3.31 bits per heavy atom. The molecule has 2 aliphatic rings. The molecule has 1 aromatic heterocycles. The van der Waals surface area contributed by atoms with Gasteiger partial charge >= 0.3 is 0 Å². The molecule has 0 atom stereocenters. The standard InChI is InChI=1S/C10H15N3/c1-2-8(1)6-13-7-12-9-5-11-4-3-10(9)13/h7-8,11H,1-6H2. The van der Waals surface area contributed by atoms with Crippen LogP contribution in [0, 0.1) is 5.92 Å². The summed E-state index contributed by atoms with van der Waals surface area (Å²) >= 11 is 0. The van der Waals surface area contributed by atoms with Gasteiger partial charge in [-0.3, -0.25) is 0 Å². The Hall–Kier alpha value is -0.830. The highest BCUT2D eigenvalue weighted by atomic mass is 15.1. The van der Waals surface area contributed by atoms with E-state index in [1.807, 2.05) is 6.33 Å². The number of aromatic nitrogens is 2. The number of fused-ring (bicyclic) bond motifs is 1. The summed E-state index contributed by atoms with van der Waals surface area (Å²) in [6.45, 7) is 3.29. The summed E-state index contributed by atoms with van der Waals surface area (Å²) in [4.78, 5) is 4.44. The average Bonchev–Trinajstić information content (AvgIpc) is 2.88. The zero-order chi connectivity index (χ0) is 8.67. The summed E-state index contributed by atoms with van der Waals surface area (Å²) in [5, 5.41) is 3.35. The van der Waals surface area contributed by atoms with Crippen LogP contribution in [0.2, 0.25) is 0 Å². The van der Waals surface area contributed by atoms with E-state index in [-0.39, 0.29) is 0 Å². The number of rotatable bonds is 2. The Bertz CT molecular complexity index is 312. The maximum Gasteiger partial charge on any atom is 0.0952 e. The van der Waals surface area contributed by atoms with Crippen LogP contribution in [-0.4, -0.2) is 16.1 Å². The van der Waals surface area contributed by atoms with E-state index < -0.39 is 0 Å². The van der Waals surface area contributed by atoms with Crippen LogP contribution >= 0.6 is 0 Å². The molecule has 3 heteroatoms. The maximum atomic E-state index is 4.44. The smallest absolute Gasteiger partial charge is 0.0952 e. The Morgan fingerprint density at radius 1 is 1.54 bits per heavy atom. The Morgan fingerprint density at radius 2 is 2.46 bits per heavy atom. The number of nitrogens with one attached hydrogen (secondary N) is 1. The van der Waals surface area contributed by atoms with E-state index in [1.54, 1.807) is 0 Å². The lowest BCUT2D eigenvalue weighted by Gasteiger charge is -2.14. The van der Waals surface area contributed by atoms with Crippen molar-refractivity contribution in [2.45, 2.75) is 32.4 Å². The van der Waals surface area contributed by atoms with E-state index in [0.29, 0.717) is 0 Å². The van der Waals surface area contributed by atoms with Crippen LogP contribution in [0.5, 0.6) is 0 Å². The third kappa shape index (κ3) is 1.37. The van der Waals surface area contributed by atoms with Crippen molar-refractivity contribution in [2.24, 2.45) is 5.92 Å². The Kier molecular flexibility index (Phi) is 1.65. The molecule has 0 amide bonds. The summed E-state index contributed by atoms with van der Waals surface area (Å²) in [7, 11) is 0. The minimum atomic E-state index is 0.952. The fourth-order valence-electron chi connectivity index (χ4n) is 2.03. The second kappa shape index (κ2) is 2.84. The van der Waals surface area contributed by atoms with Crippen molar-refractivity contribution < 1.29 is 0 Å². The van der Waals surface area contributed by atoms with Crippen molar-refractivity contribution in [2.75, 3.05) is 6.54 Å². The fourth-order valence-corrected chi connectivity index (χ4v) is 2.03. The van der Waals surface area contributed by atoms with Gasteiger partial charge in [0.25, 0.3) is 0 Å². The van der Waals surface area contributed by atoms with Gasteiger partial charge in [0.05, 0.1) is 12.0 Å². The van der Waals surface area contributed by atoms with E-state index in [4.69, 9.17) is 0 Å². The van der Waals surface area contributed by atoms with Crippen molar-refractivity contribution in [3.63, 3.8) is 0 Å². The molecule has 1 saturated carbocycles. The molecule has 1 fully saturated rings. The lowest BCUT2D eigenvalue weighted by Crippen LogP contribution is -2.25. The van der Waals surface area contributed by atoms with Crippen LogP contribution in [0.25, 0.3) is 0 Å². The average molecular weight is 177 g/mol. The van der Waals surface area contributed by atoms with E-state index >= 15 is 0 Å². The summed E-state index contributed by atoms with van der Waals surface area (Å²) in [5.41, 5.74) is 2.75. The summed E-state index contributed by atoms with van der Waals surface area (Å²) in [6.07, 6.45) is 6.02. The molecular weight excluding hydrogens is 162 g/mol. The van der Waals surface area contributed by atoms with Gasteiger partial charge in [0.15, 0.2) is 0 Å². The SMILES string of the molecule is c1nc2c(n1CC1CC1)CCNC2. The van der Waals surface area contributed by atoms with Crippen molar-refractivity contribution in [1.82, 2.24) is 14.9 Å². The van der Waals surface area contributed by atoms with Crippen LogP contribution in [0.15, 0.2) is 6.33 Å². The van der Waals surface area contributed by atoms with Gasteiger partial charge in [-0.15, -0.1) is 0 Å². The Labute approximate surface area is 78.2 Å². The molecule has 1 aromatic rings. The number of hydrogen-bond acceptors (Lipinski definition) is 2. The predicted octanol–water partition coefficient (Wildman–Crippen LogP) is 0.939. The molecule has 13 heavy (non-hydrogen) atoms. The zero-order valence-electron chi connectivity index (χ0n) is 7.79. The van der Waals surface area contributed by atoms with Gasteiger partial charge in [0.1, 0.15) is 0 Å². The minimum Gasteiger partial charge on any atom is -0.334 e. The van der Waals surface area contributed by atoms with Crippen molar-refractivity contribution >= 4 is 0 Å². The third-order valence-corrected chi connectivity index (χ3v) is 3.02. The highest BCUT2D eigenvalue weighted by Crippen LogP contribution is 2.31. The maximum absolute atomic E-state index is 4.44. The quantitative estimate of drug-likeness (QED) is 0.728. The lowest BCUT2D eigenvalue weighted by atomic mass is 10.2. The summed E-state index contributed by atoms with van der Waals surface area (Å²) in [6, 6.07) is 0. The highest BCUT2D eigenvalue weighted by molar-refractivity contribution is 5.16. The van der Waals surface area contributed by atoms with Gasteiger partial charge in [0.2, 0.25) is 0 Å². The van der Waals surface area contributed by atoms with Crippen molar-refractivity contribution in [3.8, 4) is 0 Å². The number of imidazole rings is 1. The molecule has 1 N–H and O–H groups in total. The number of hydrogen-bond donors (Lipinski definition) is 1. The Balaban J connectivity index is 1.86. The van der Waals surface area contributed by atoms with Crippen LogP contribution < -0.4 is 5.32 Å². The van der Waals surface area contributed by atoms with E-state index in [0.717, 1.165) is 25.4 Å². The molecule has 3 nitrogen and oxygen atoms in total. The highest BCUT2D eigenvalue weighted by Gasteiger charge is 2.24. The van der Waals surface area contributed by atoms with Crippen LogP contribution in [0.1, 0.15) is 24.2 Å². The first-order valence-corrected chi connectivity index (χ1v) is 5.17. The van der Waals surface area contributed by atoms with Gasteiger partial charge < -0.3 is 9.88 Å². The molecule has 3 rings (SSSR count). The monoisotopic (exact) mass is 177 g/mol. The normalized spacial score (nSPS) is 21.5. The van der Waals surface area contributed by atoms with Gasteiger partial charge in [-0.25, -0.2) is 4.98 Å². The first kappa shape index (κ1) is 7.56. The van der Waals surface area contributed by atoms with Crippen molar-refractivity contribution in [3.05, 3.63) is 17.7 Å². The first-order chi connectivity index (χ1) is 6.43. The van der Waals surface area contributed by atoms with Crippen LogP contribution in [0.3, 0.4) is 0 Å². The molecule has 0 bridgehead atoms. The van der Waals surface area contributed by atoms with E-state index in [9.17, 15) is 0 Å². The molecule has 0 radical (unpaired) electrons. The van der Waals surface area contributed by atoms with E-state index in [1.165, 1.54) is 30.8 Å². The molecule has 70 valence electrons. The zero-order valence-corrected chi connectivity index (χ0v) is 7.79. The topological polar surface area (TPSA) is 29.9 Å². The fraction of sp³-hybridized carbons (Fsp3) is 0.700. The largest absolute Gasteiger partial charge is 0.334 e. The first-order valence-electron chi connectivity index (χ1n) is 5.17. The predicted molar refractivity (Wildman–Crippen MR) is 50.4 cm³/mol. The second-order valence-corrected chi connectivity index (χ2v) is 4.16. The van der Waals surface area contributed by atoms with Gasteiger partial charge in [-0.05, 0) is 18.8 Å². The van der Waals surface area contributed by atoms with Crippen LogP contribution in [0.4, 0.5) is 0 Å². The summed E-state index contributed by atoms with van der Waals surface area (Å²) in [5.74, 6) is 0.952. The molecule has 1 aliphatic carbocycles. The van der Waals surface area contributed by atoms with E-state index in [2.05, 4.69) is 14.9 Å². The molecule has 0 saturated heterocycles. The molecule has 0 spiro atoms. The number of nitrogens with zero attached hydrogens (tertiary/aromatic N) is 2. The third-order valence-electron chi connectivity index (χ3n) is 3.02. The van der Waals surface area contributed by atoms with Gasteiger partial charge in [0, 0.05) is 31.7 Å². The molecule has 0 unspecified atom stereocenters. The molecule has 2 heterocycles. The molecule has 0 aromatic carbocycles. The van der Waals surface area contributed by atoms with Crippen molar-refractivity contribution in [1.29, 1.82) is 0 Å². The molecule has 1 aliphatic heterocycles. The second-order valence-electron chi connectivity index (χ2n) is 4.16. The van der Waals surface area contributed by atoms with Gasteiger partial charge in [-0.2, -0.15) is 0 Å². The molecular formula is C10H15N3. The summed E-state index contributed by atoms with van der Waals surface area (Å²) < 4.78 is 2.37. The van der Waals surface area contributed by atoms with Gasteiger partial charge in [-0.1, -0.05) is 0 Å². The lowest BCUT2D eigenvalue weighted by molar-refractivity contribution is 0.562. The van der Waals surface area contributed by atoms with Crippen LogP contribution in [-0.2, 0) is 19.5 Å².